The summed E-state index contributed by atoms with van der Waals surface area (Å²) in [5.74, 6) is 1.14. The van der Waals surface area contributed by atoms with Crippen LogP contribution in [0.1, 0.15) is 25.1 Å². The van der Waals surface area contributed by atoms with E-state index in [0.717, 1.165) is 6.42 Å². The zero-order valence-electron chi connectivity index (χ0n) is 8.96. The number of nitrogens with two attached hydrogens (primary N) is 1. The van der Waals surface area contributed by atoms with Crippen LogP contribution in [-0.2, 0) is 18.4 Å². The molecule has 1 aliphatic rings. The Morgan fingerprint density at radius 3 is 3.07 bits per heavy atom. The third-order valence-corrected chi connectivity index (χ3v) is 2.87. The van der Waals surface area contributed by atoms with Crippen LogP contribution in [0.5, 0.6) is 0 Å². The fourth-order valence-electron chi connectivity index (χ4n) is 2.05. The van der Waals surface area contributed by atoms with Crippen LogP contribution in [0, 0.1) is 5.92 Å². The maximum absolute atomic E-state index is 5.75. The predicted octanol–water partition coefficient (Wildman–Crippen LogP) is -0.146. The lowest BCUT2D eigenvalue weighted by atomic mass is 10.1. The molecule has 84 valence electrons. The Balaban J connectivity index is 1.82. The van der Waals surface area contributed by atoms with Gasteiger partial charge in [0.1, 0.15) is 6.61 Å². The van der Waals surface area contributed by atoms with Crippen LogP contribution in [-0.4, -0.2) is 32.9 Å². The third kappa shape index (κ3) is 2.51. The molecule has 6 nitrogen and oxygen atoms in total. The normalized spacial score (nSPS) is 26.0. The van der Waals surface area contributed by atoms with E-state index in [1.165, 1.54) is 17.6 Å². The second-order valence-electron chi connectivity index (χ2n) is 3.97. The zero-order valence-corrected chi connectivity index (χ0v) is 8.96. The highest BCUT2D eigenvalue weighted by atomic mass is 16.5. The Kier molecular flexibility index (Phi) is 3.27. The van der Waals surface area contributed by atoms with Gasteiger partial charge in [0.15, 0.2) is 5.82 Å². The van der Waals surface area contributed by atoms with Crippen molar-refractivity contribution in [1.82, 2.24) is 20.2 Å². The van der Waals surface area contributed by atoms with Crippen LogP contribution in [0.3, 0.4) is 0 Å². The highest BCUT2D eigenvalue weighted by Crippen LogP contribution is 2.27. The molecule has 2 N–H and O–H groups in total. The summed E-state index contributed by atoms with van der Waals surface area (Å²) in [5.41, 5.74) is 5.67. The molecule has 2 unspecified atom stereocenters. The molecule has 6 heteroatoms. The number of aromatic nitrogens is 4. The number of aryl methyl sites for hydroxylation is 1. The number of nitrogens with zero attached hydrogens (tertiary/aromatic N) is 4. The number of hydrogen-bond acceptors (Lipinski definition) is 5. The predicted molar refractivity (Wildman–Crippen MR) is 53.8 cm³/mol. The molecule has 0 aromatic carbocycles. The van der Waals surface area contributed by atoms with E-state index in [1.54, 1.807) is 7.05 Å². The monoisotopic (exact) mass is 211 g/mol. The van der Waals surface area contributed by atoms with Crippen molar-refractivity contribution in [1.29, 1.82) is 0 Å². The van der Waals surface area contributed by atoms with E-state index in [1.807, 2.05) is 0 Å². The first-order chi connectivity index (χ1) is 7.29. The fourth-order valence-corrected chi connectivity index (χ4v) is 2.05. The van der Waals surface area contributed by atoms with Gasteiger partial charge in [0.2, 0.25) is 0 Å². The Bertz CT molecular complexity index is 313. The summed E-state index contributed by atoms with van der Waals surface area (Å²) in [6.07, 6.45) is 3.76. The van der Waals surface area contributed by atoms with Crippen LogP contribution in [0.4, 0.5) is 0 Å². The number of hydrogen-bond donors (Lipinski definition) is 1. The van der Waals surface area contributed by atoms with E-state index in [4.69, 9.17) is 10.5 Å². The molecule has 1 heterocycles. The van der Waals surface area contributed by atoms with E-state index >= 15 is 0 Å². The molecule has 1 aromatic heterocycles. The number of ether oxygens (including phenoxy) is 1. The lowest BCUT2D eigenvalue weighted by Crippen LogP contribution is -2.25. The van der Waals surface area contributed by atoms with Crippen LogP contribution < -0.4 is 5.73 Å². The van der Waals surface area contributed by atoms with Crippen molar-refractivity contribution in [2.24, 2.45) is 18.7 Å². The van der Waals surface area contributed by atoms with Crippen LogP contribution >= 0.6 is 0 Å². The van der Waals surface area contributed by atoms with Crippen molar-refractivity contribution in [3.63, 3.8) is 0 Å². The van der Waals surface area contributed by atoms with Crippen molar-refractivity contribution < 1.29 is 4.74 Å². The summed E-state index contributed by atoms with van der Waals surface area (Å²) >= 11 is 0. The summed E-state index contributed by atoms with van der Waals surface area (Å²) in [4.78, 5) is 1.44. The van der Waals surface area contributed by atoms with Gasteiger partial charge in [-0.2, -0.15) is 4.80 Å². The fraction of sp³-hybridized carbons (Fsp3) is 0.889. The van der Waals surface area contributed by atoms with E-state index in [2.05, 4.69) is 15.4 Å². The molecule has 0 bridgehead atoms. The molecule has 2 atom stereocenters. The van der Waals surface area contributed by atoms with Crippen molar-refractivity contribution in [2.75, 3.05) is 6.54 Å². The molecule has 1 fully saturated rings. The van der Waals surface area contributed by atoms with E-state index < -0.39 is 0 Å². The molecule has 0 amide bonds. The van der Waals surface area contributed by atoms with Gasteiger partial charge in [-0.3, -0.25) is 0 Å². The first-order valence-electron chi connectivity index (χ1n) is 5.34. The Morgan fingerprint density at radius 1 is 1.53 bits per heavy atom. The SMILES string of the molecule is Cn1nnc(COC2CCCC2CN)n1. The molecule has 0 aliphatic heterocycles. The van der Waals surface area contributed by atoms with Crippen molar-refractivity contribution in [2.45, 2.75) is 32.0 Å². The van der Waals surface area contributed by atoms with Crippen molar-refractivity contribution in [3.8, 4) is 0 Å². The standard InChI is InChI=1S/C9H17N5O/c1-14-12-9(11-13-14)6-15-8-4-2-3-7(8)5-10/h7-8H,2-6,10H2,1H3. The molecule has 0 radical (unpaired) electrons. The molecule has 15 heavy (non-hydrogen) atoms. The lowest BCUT2D eigenvalue weighted by molar-refractivity contribution is 0.0147. The molecule has 1 aromatic rings. The summed E-state index contributed by atoms with van der Waals surface area (Å²) in [6, 6.07) is 0. The minimum atomic E-state index is 0.277. The Hall–Kier alpha value is -1.01. The number of tetrazole rings is 1. The third-order valence-electron chi connectivity index (χ3n) is 2.87. The maximum Gasteiger partial charge on any atom is 0.200 e. The lowest BCUT2D eigenvalue weighted by Gasteiger charge is -2.17. The van der Waals surface area contributed by atoms with Gasteiger partial charge in [-0.15, -0.1) is 10.2 Å². The average Bonchev–Trinajstić information content (AvgIpc) is 2.83. The smallest absolute Gasteiger partial charge is 0.200 e. The van der Waals surface area contributed by atoms with Gasteiger partial charge in [-0.05, 0) is 30.5 Å². The highest BCUT2D eigenvalue weighted by molar-refractivity contribution is 4.80. The van der Waals surface area contributed by atoms with Crippen LogP contribution in [0.15, 0.2) is 0 Å². The Morgan fingerprint density at radius 2 is 2.40 bits per heavy atom. The summed E-state index contributed by atoms with van der Waals surface area (Å²) in [7, 11) is 1.74. The van der Waals surface area contributed by atoms with Gasteiger partial charge in [0.25, 0.3) is 0 Å². The van der Waals surface area contributed by atoms with E-state index in [9.17, 15) is 0 Å². The average molecular weight is 211 g/mol. The first-order valence-corrected chi connectivity index (χ1v) is 5.34. The quantitative estimate of drug-likeness (QED) is 0.749. The first kappa shape index (κ1) is 10.5. The molecule has 1 aliphatic carbocycles. The van der Waals surface area contributed by atoms with Crippen molar-refractivity contribution >= 4 is 0 Å². The summed E-state index contributed by atoms with van der Waals surface area (Å²) < 4.78 is 5.75. The second kappa shape index (κ2) is 4.67. The minimum Gasteiger partial charge on any atom is -0.370 e. The molecular formula is C9H17N5O. The minimum absolute atomic E-state index is 0.277. The van der Waals surface area contributed by atoms with Gasteiger partial charge < -0.3 is 10.5 Å². The van der Waals surface area contributed by atoms with E-state index in [0.29, 0.717) is 24.9 Å². The van der Waals surface area contributed by atoms with Crippen molar-refractivity contribution in [3.05, 3.63) is 5.82 Å². The largest absolute Gasteiger partial charge is 0.370 e. The Labute approximate surface area is 88.8 Å². The molecular weight excluding hydrogens is 194 g/mol. The van der Waals surface area contributed by atoms with Gasteiger partial charge in [0, 0.05) is 0 Å². The van der Waals surface area contributed by atoms with Gasteiger partial charge in [-0.25, -0.2) is 0 Å². The van der Waals surface area contributed by atoms with Crippen LogP contribution in [0.25, 0.3) is 0 Å². The molecule has 1 saturated carbocycles. The maximum atomic E-state index is 5.75. The molecule has 0 spiro atoms. The summed E-state index contributed by atoms with van der Waals surface area (Å²) in [6.45, 7) is 1.15. The van der Waals surface area contributed by atoms with Gasteiger partial charge in [0.05, 0.1) is 13.2 Å². The number of rotatable bonds is 4. The van der Waals surface area contributed by atoms with Gasteiger partial charge >= 0.3 is 0 Å². The topological polar surface area (TPSA) is 78.8 Å². The second-order valence-corrected chi connectivity index (χ2v) is 3.97. The molecule has 2 rings (SSSR count). The van der Waals surface area contributed by atoms with E-state index in [-0.39, 0.29) is 6.10 Å². The summed E-state index contributed by atoms with van der Waals surface area (Å²) in [5, 5.41) is 11.7. The van der Waals surface area contributed by atoms with Crippen LogP contribution in [0.2, 0.25) is 0 Å². The highest BCUT2D eigenvalue weighted by Gasteiger charge is 2.26. The molecule has 0 saturated heterocycles. The zero-order chi connectivity index (χ0) is 10.7. The van der Waals surface area contributed by atoms with Gasteiger partial charge in [-0.1, -0.05) is 6.42 Å².